The second-order valence-electron chi connectivity index (χ2n) is 8.84. The SMILES string of the molecule is Cc1noc(C)c1S(=O)(=O)N1CCC2(CCN(c3ccc(OC(C)C(F)(F)F)cc3)C2=O)CC1. The number of aromatic nitrogens is 1. The summed E-state index contributed by atoms with van der Waals surface area (Å²) < 4.78 is 75.6. The van der Waals surface area contributed by atoms with Gasteiger partial charge in [0.1, 0.15) is 16.3 Å². The Hall–Kier alpha value is -2.60. The van der Waals surface area contributed by atoms with E-state index in [0.29, 0.717) is 37.2 Å². The quantitative estimate of drug-likeness (QED) is 0.618. The van der Waals surface area contributed by atoms with Crippen LogP contribution in [0.25, 0.3) is 0 Å². The number of carbonyl (C=O) groups is 1. The maximum absolute atomic E-state index is 13.3. The van der Waals surface area contributed by atoms with Gasteiger partial charge in [0, 0.05) is 25.3 Å². The van der Waals surface area contributed by atoms with Gasteiger partial charge in [-0.1, -0.05) is 5.16 Å². The molecule has 2 saturated heterocycles. The van der Waals surface area contributed by atoms with Crippen LogP contribution in [0, 0.1) is 19.3 Å². The van der Waals surface area contributed by atoms with Gasteiger partial charge in [0.25, 0.3) is 0 Å². The number of carbonyl (C=O) groups excluding carboxylic acids is 1. The van der Waals surface area contributed by atoms with E-state index in [1.54, 1.807) is 30.9 Å². The molecule has 0 aliphatic carbocycles. The van der Waals surface area contributed by atoms with Gasteiger partial charge in [0.15, 0.2) is 11.9 Å². The molecular formula is C22H26F3N3O5S. The second-order valence-corrected chi connectivity index (χ2v) is 10.7. The van der Waals surface area contributed by atoms with Crippen molar-refractivity contribution in [3.05, 3.63) is 35.7 Å². The van der Waals surface area contributed by atoms with Gasteiger partial charge >= 0.3 is 6.18 Å². The third-order valence-corrected chi connectivity index (χ3v) is 8.82. The Kier molecular flexibility index (Phi) is 6.17. The van der Waals surface area contributed by atoms with Crippen molar-refractivity contribution in [2.75, 3.05) is 24.5 Å². The van der Waals surface area contributed by atoms with Crippen LogP contribution >= 0.6 is 0 Å². The second kappa shape index (κ2) is 8.56. The molecule has 4 rings (SSSR count). The zero-order chi connectivity index (χ0) is 24.9. The Morgan fingerprint density at radius 2 is 1.68 bits per heavy atom. The molecule has 2 fully saturated rings. The largest absolute Gasteiger partial charge is 0.481 e. The molecule has 1 aromatic carbocycles. The van der Waals surface area contributed by atoms with Gasteiger partial charge < -0.3 is 14.2 Å². The van der Waals surface area contributed by atoms with Crippen LogP contribution in [-0.4, -0.2) is 55.7 Å². The summed E-state index contributed by atoms with van der Waals surface area (Å²) in [6, 6.07) is 5.95. The highest BCUT2D eigenvalue weighted by atomic mass is 32.2. The number of alkyl halides is 3. The standard InChI is InChI=1S/C22H26F3N3O5S/c1-14-19(15(2)33-26-14)34(30,31)27-11-8-21(9-12-27)10-13-28(20(21)29)17-4-6-18(7-5-17)32-16(3)22(23,24)25/h4-7,16H,8-13H2,1-3H3. The maximum atomic E-state index is 13.3. The normalized spacial score (nSPS) is 20.2. The molecule has 0 radical (unpaired) electrons. The van der Waals surface area contributed by atoms with E-state index in [2.05, 4.69) is 5.16 Å². The first-order valence-electron chi connectivity index (χ1n) is 10.9. The van der Waals surface area contributed by atoms with E-state index >= 15 is 0 Å². The van der Waals surface area contributed by atoms with Crippen LogP contribution in [0.3, 0.4) is 0 Å². The summed E-state index contributed by atoms with van der Waals surface area (Å²) in [6.45, 7) is 4.92. The smallest absolute Gasteiger partial charge is 0.425 e. The highest BCUT2D eigenvalue weighted by Gasteiger charge is 2.50. The van der Waals surface area contributed by atoms with Crippen molar-refractivity contribution < 1.29 is 35.6 Å². The first kappa shape index (κ1) is 24.5. The third kappa shape index (κ3) is 4.28. The molecule has 3 heterocycles. The Labute approximate surface area is 195 Å². The third-order valence-electron chi connectivity index (χ3n) is 6.68. The monoisotopic (exact) mass is 501 g/mol. The van der Waals surface area contributed by atoms with Crippen molar-refractivity contribution in [2.24, 2.45) is 5.41 Å². The van der Waals surface area contributed by atoms with Gasteiger partial charge in [-0.05, 0) is 64.3 Å². The van der Waals surface area contributed by atoms with Gasteiger partial charge in [-0.25, -0.2) is 8.42 Å². The Balaban J connectivity index is 1.43. The molecule has 2 aromatic rings. The summed E-state index contributed by atoms with van der Waals surface area (Å²) in [5, 5.41) is 3.73. The van der Waals surface area contributed by atoms with Gasteiger partial charge in [0.05, 0.1) is 5.41 Å². The number of hydrogen-bond donors (Lipinski definition) is 0. The van der Waals surface area contributed by atoms with Gasteiger partial charge in [-0.15, -0.1) is 0 Å². The maximum Gasteiger partial charge on any atom is 0.425 e. The average Bonchev–Trinajstić information content (AvgIpc) is 3.28. The fourth-order valence-corrected chi connectivity index (χ4v) is 6.37. The molecule has 0 N–H and O–H groups in total. The van der Waals surface area contributed by atoms with Crippen molar-refractivity contribution in [1.82, 2.24) is 9.46 Å². The number of sulfonamides is 1. The summed E-state index contributed by atoms with van der Waals surface area (Å²) in [5.41, 5.74) is 0.211. The summed E-state index contributed by atoms with van der Waals surface area (Å²) >= 11 is 0. The topological polar surface area (TPSA) is 93.0 Å². The Morgan fingerprint density at radius 3 is 2.21 bits per heavy atom. The number of ether oxygens (including phenoxy) is 1. The number of nitrogens with zero attached hydrogens (tertiary/aromatic N) is 3. The average molecular weight is 502 g/mol. The summed E-state index contributed by atoms with van der Waals surface area (Å²) in [4.78, 5) is 15.0. The highest BCUT2D eigenvalue weighted by Crippen LogP contribution is 2.44. The number of rotatable bonds is 5. The number of amides is 1. The lowest BCUT2D eigenvalue weighted by Crippen LogP contribution is -2.46. The molecule has 34 heavy (non-hydrogen) atoms. The van der Waals surface area contributed by atoms with E-state index in [9.17, 15) is 26.4 Å². The predicted molar refractivity (Wildman–Crippen MR) is 116 cm³/mol. The Bertz CT molecular complexity index is 1150. The molecule has 0 saturated carbocycles. The molecule has 1 atom stereocenters. The van der Waals surface area contributed by atoms with Crippen LogP contribution in [0.5, 0.6) is 5.75 Å². The van der Waals surface area contributed by atoms with Gasteiger partial charge in [-0.3, -0.25) is 4.79 Å². The number of hydrogen-bond acceptors (Lipinski definition) is 6. The zero-order valence-electron chi connectivity index (χ0n) is 19.1. The zero-order valence-corrected chi connectivity index (χ0v) is 19.9. The lowest BCUT2D eigenvalue weighted by molar-refractivity contribution is -0.189. The molecule has 186 valence electrons. The summed E-state index contributed by atoms with van der Waals surface area (Å²) in [6.07, 6.45) is -5.07. The van der Waals surface area contributed by atoms with Crippen molar-refractivity contribution in [1.29, 1.82) is 0 Å². The number of aryl methyl sites for hydroxylation is 2. The fraction of sp³-hybridized carbons (Fsp3) is 0.545. The van der Waals surface area contributed by atoms with Crippen LogP contribution in [0.1, 0.15) is 37.6 Å². The molecule has 1 amide bonds. The van der Waals surface area contributed by atoms with Gasteiger partial charge in [-0.2, -0.15) is 17.5 Å². The van der Waals surface area contributed by atoms with E-state index in [1.165, 1.54) is 16.4 Å². The van der Waals surface area contributed by atoms with E-state index < -0.39 is 27.7 Å². The molecule has 2 aliphatic rings. The van der Waals surface area contributed by atoms with Crippen molar-refractivity contribution >= 4 is 21.6 Å². The van der Waals surface area contributed by atoms with Crippen LogP contribution in [0.15, 0.2) is 33.7 Å². The minimum Gasteiger partial charge on any atom is -0.481 e. The van der Waals surface area contributed by atoms with E-state index in [-0.39, 0.29) is 35.4 Å². The highest BCUT2D eigenvalue weighted by molar-refractivity contribution is 7.89. The minimum atomic E-state index is -4.47. The molecule has 12 heteroatoms. The first-order valence-corrected chi connectivity index (χ1v) is 12.4. The molecule has 8 nitrogen and oxygen atoms in total. The number of piperidine rings is 1. The first-order chi connectivity index (χ1) is 15.8. The van der Waals surface area contributed by atoms with E-state index in [1.807, 2.05) is 0 Å². The number of halogens is 3. The number of anilines is 1. The number of benzene rings is 1. The lowest BCUT2D eigenvalue weighted by Gasteiger charge is -2.37. The van der Waals surface area contributed by atoms with Crippen LogP contribution in [-0.2, 0) is 14.8 Å². The summed E-state index contributed by atoms with van der Waals surface area (Å²) in [7, 11) is -3.78. The van der Waals surface area contributed by atoms with Crippen LogP contribution in [0.2, 0.25) is 0 Å². The molecule has 1 unspecified atom stereocenters. The molecule has 1 aromatic heterocycles. The molecule has 2 aliphatic heterocycles. The van der Waals surface area contributed by atoms with E-state index in [4.69, 9.17) is 9.26 Å². The van der Waals surface area contributed by atoms with Crippen molar-refractivity contribution in [3.63, 3.8) is 0 Å². The van der Waals surface area contributed by atoms with Crippen LogP contribution < -0.4 is 9.64 Å². The minimum absolute atomic E-state index is 0.0628. The molecule has 1 spiro atoms. The predicted octanol–water partition coefficient (Wildman–Crippen LogP) is 3.83. The fourth-order valence-electron chi connectivity index (χ4n) is 4.63. The summed E-state index contributed by atoms with van der Waals surface area (Å²) in [5.74, 6) is 0.199. The lowest BCUT2D eigenvalue weighted by atomic mass is 9.77. The van der Waals surface area contributed by atoms with Crippen molar-refractivity contribution in [3.8, 4) is 5.75 Å². The molecular weight excluding hydrogens is 475 g/mol. The molecule has 0 bridgehead atoms. The Morgan fingerprint density at radius 1 is 1.09 bits per heavy atom. The van der Waals surface area contributed by atoms with E-state index in [0.717, 1.165) is 6.92 Å². The van der Waals surface area contributed by atoms with Crippen LogP contribution in [0.4, 0.5) is 18.9 Å². The van der Waals surface area contributed by atoms with Gasteiger partial charge in [0.2, 0.25) is 15.9 Å². The van der Waals surface area contributed by atoms with Crippen molar-refractivity contribution in [2.45, 2.75) is 57.2 Å².